The van der Waals surface area contributed by atoms with Crippen LogP contribution in [0.3, 0.4) is 0 Å². The Kier molecular flexibility index (Phi) is 5.07. The smallest absolute Gasteiger partial charge is 0.375 e. The molecule has 2 aromatic carbocycles. The SMILES string of the molecule is Cc1c(C(=O)OCC(=O)N(c2ccccc2)C(C)C)oc2ccccc12. The monoisotopic (exact) mass is 351 g/mol. The number of aryl methyl sites for hydroxylation is 1. The fourth-order valence-corrected chi connectivity index (χ4v) is 2.95. The average molecular weight is 351 g/mol. The molecular formula is C21H21NO4. The molecule has 0 unspecified atom stereocenters. The van der Waals surface area contributed by atoms with Crippen LogP contribution in [0.15, 0.2) is 59.0 Å². The summed E-state index contributed by atoms with van der Waals surface area (Å²) in [6.07, 6.45) is 0. The van der Waals surface area contributed by atoms with Crippen molar-refractivity contribution in [2.24, 2.45) is 0 Å². The average Bonchev–Trinajstić information content (AvgIpc) is 2.98. The molecule has 0 fully saturated rings. The number of rotatable bonds is 5. The molecule has 3 rings (SSSR count). The summed E-state index contributed by atoms with van der Waals surface area (Å²) in [4.78, 5) is 26.6. The van der Waals surface area contributed by atoms with Crippen molar-refractivity contribution in [3.05, 3.63) is 65.9 Å². The van der Waals surface area contributed by atoms with Gasteiger partial charge in [-0.05, 0) is 39.0 Å². The number of ether oxygens (including phenoxy) is 1. The summed E-state index contributed by atoms with van der Waals surface area (Å²) in [5, 5.41) is 0.860. The molecule has 1 heterocycles. The number of fused-ring (bicyclic) bond motifs is 1. The fourth-order valence-electron chi connectivity index (χ4n) is 2.95. The molecule has 0 aliphatic carbocycles. The summed E-state index contributed by atoms with van der Waals surface area (Å²) < 4.78 is 10.8. The molecule has 0 aliphatic rings. The van der Waals surface area contributed by atoms with E-state index in [1.165, 1.54) is 0 Å². The van der Waals surface area contributed by atoms with E-state index in [1.54, 1.807) is 17.9 Å². The van der Waals surface area contributed by atoms with E-state index in [4.69, 9.17) is 9.15 Å². The van der Waals surface area contributed by atoms with Gasteiger partial charge in [0.25, 0.3) is 5.91 Å². The summed E-state index contributed by atoms with van der Waals surface area (Å²) in [5.74, 6) is -0.785. The highest BCUT2D eigenvalue weighted by Gasteiger charge is 2.23. The minimum atomic E-state index is -0.635. The minimum absolute atomic E-state index is 0.0588. The molecule has 5 nitrogen and oxygen atoms in total. The summed E-state index contributed by atoms with van der Waals surface area (Å²) in [7, 11) is 0. The van der Waals surface area contributed by atoms with Gasteiger partial charge in [0.1, 0.15) is 5.58 Å². The molecule has 0 spiro atoms. The molecule has 0 saturated heterocycles. The number of benzene rings is 2. The Bertz CT molecular complexity index is 928. The van der Waals surface area contributed by atoms with Gasteiger partial charge in [0, 0.05) is 22.7 Å². The topological polar surface area (TPSA) is 59.8 Å². The summed E-state index contributed by atoms with van der Waals surface area (Å²) >= 11 is 0. The Morgan fingerprint density at radius 2 is 1.69 bits per heavy atom. The van der Waals surface area contributed by atoms with E-state index in [9.17, 15) is 9.59 Å². The Morgan fingerprint density at radius 1 is 1.04 bits per heavy atom. The first-order valence-electron chi connectivity index (χ1n) is 8.51. The fraction of sp³-hybridized carbons (Fsp3) is 0.238. The number of carbonyl (C=O) groups excluding carboxylic acids is 2. The highest BCUT2D eigenvalue weighted by Crippen LogP contribution is 2.25. The highest BCUT2D eigenvalue weighted by atomic mass is 16.5. The lowest BCUT2D eigenvalue weighted by molar-refractivity contribution is -0.122. The van der Waals surface area contributed by atoms with Crippen molar-refractivity contribution in [3.8, 4) is 0 Å². The second-order valence-electron chi connectivity index (χ2n) is 6.32. The van der Waals surface area contributed by atoms with Crippen LogP contribution in [0.25, 0.3) is 11.0 Å². The van der Waals surface area contributed by atoms with Crippen LogP contribution in [0.1, 0.15) is 30.0 Å². The quantitative estimate of drug-likeness (QED) is 0.642. The molecule has 134 valence electrons. The predicted octanol–water partition coefficient (Wildman–Crippen LogP) is 4.34. The molecule has 1 amide bonds. The zero-order chi connectivity index (χ0) is 18.7. The largest absolute Gasteiger partial charge is 0.450 e. The van der Waals surface area contributed by atoms with E-state index in [2.05, 4.69) is 0 Å². The number of hydrogen-bond donors (Lipinski definition) is 0. The lowest BCUT2D eigenvalue weighted by Gasteiger charge is -2.26. The van der Waals surface area contributed by atoms with Crippen molar-refractivity contribution >= 4 is 28.5 Å². The second kappa shape index (κ2) is 7.44. The van der Waals surface area contributed by atoms with Crippen LogP contribution in [-0.4, -0.2) is 24.5 Å². The Hall–Kier alpha value is -3.08. The first-order chi connectivity index (χ1) is 12.5. The molecule has 0 N–H and O–H groups in total. The van der Waals surface area contributed by atoms with Crippen LogP contribution in [0.5, 0.6) is 0 Å². The van der Waals surface area contributed by atoms with Crippen molar-refractivity contribution in [3.63, 3.8) is 0 Å². The summed E-state index contributed by atoms with van der Waals surface area (Å²) in [6.45, 7) is 5.28. The van der Waals surface area contributed by atoms with Gasteiger partial charge in [-0.3, -0.25) is 4.79 Å². The molecule has 0 atom stereocenters. The zero-order valence-electron chi connectivity index (χ0n) is 15.1. The van der Waals surface area contributed by atoms with Crippen molar-refractivity contribution < 1.29 is 18.7 Å². The van der Waals surface area contributed by atoms with Crippen molar-refractivity contribution in [2.75, 3.05) is 11.5 Å². The molecule has 0 saturated carbocycles. The molecule has 3 aromatic rings. The maximum absolute atomic E-state index is 12.6. The Labute approximate surface area is 152 Å². The number of nitrogens with zero attached hydrogens (tertiary/aromatic N) is 1. The minimum Gasteiger partial charge on any atom is -0.450 e. The van der Waals surface area contributed by atoms with Crippen LogP contribution in [-0.2, 0) is 9.53 Å². The molecule has 0 bridgehead atoms. The van der Waals surface area contributed by atoms with Gasteiger partial charge in [-0.15, -0.1) is 0 Å². The highest BCUT2D eigenvalue weighted by molar-refractivity contribution is 5.99. The van der Waals surface area contributed by atoms with Crippen molar-refractivity contribution in [1.82, 2.24) is 0 Å². The summed E-state index contributed by atoms with van der Waals surface area (Å²) in [5.41, 5.74) is 2.10. The third-order valence-electron chi connectivity index (χ3n) is 4.18. The van der Waals surface area contributed by atoms with Crippen LogP contribution in [0.2, 0.25) is 0 Å². The Balaban J connectivity index is 1.73. The zero-order valence-corrected chi connectivity index (χ0v) is 15.1. The van der Waals surface area contributed by atoms with Gasteiger partial charge in [-0.25, -0.2) is 4.79 Å². The predicted molar refractivity (Wildman–Crippen MR) is 100 cm³/mol. The van der Waals surface area contributed by atoms with Crippen LogP contribution < -0.4 is 4.90 Å². The number of furan rings is 1. The third kappa shape index (κ3) is 3.47. The van der Waals surface area contributed by atoms with Crippen molar-refractivity contribution in [1.29, 1.82) is 0 Å². The van der Waals surface area contributed by atoms with Gasteiger partial charge in [0.05, 0.1) is 0 Å². The van der Waals surface area contributed by atoms with Gasteiger partial charge < -0.3 is 14.1 Å². The summed E-state index contributed by atoms with van der Waals surface area (Å²) in [6, 6.07) is 16.6. The number of para-hydroxylation sites is 2. The van der Waals surface area contributed by atoms with Gasteiger partial charge in [-0.2, -0.15) is 0 Å². The molecular weight excluding hydrogens is 330 g/mol. The van der Waals surface area contributed by atoms with Gasteiger partial charge in [0.15, 0.2) is 6.61 Å². The van der Waals surface area contributed by atoms with Crippen LogP contribution in [0, 0.1) is 6.92 Å². The lowest BCUT2D eigenvalue weighted by atomic mass is 10.1. The maximum atomic E-state index is 12.6. The molecule has 0 radical (unpaired) electrons. The normalized spacial score (nSPS) is 10.9. The van der Waals surface area contributed by atoms with Gasteiger partial charge in [0.2, 0.25) is 5.76 Å². The molecule has 5 heteroatoms. The van der Waals surface area contributed by atoms with E-state index >= 15 is 0 Å². The van der Waals surface area contributed by atoms with E-state index < -0.39 is 5.97 Å². The third-order valence-corrected chi connectivity index (χ3v) is 4.18. The van der Waals surface area contributed by atoms with Gasteiger partial charge in [-0.1, -0.05) is 36.4 Å². The first-order valence-corrected chi connectivity index (χ1v) is 8.51. The number of hydrogen-bond acceptors (Lipinski definition) is 4. The van der Waals surface area contributed by atoms with Crippen LogP contribution >= 0.6 is 0 Å². The Morgan fingerprint density at radius 3 is 2.35 bits per heavy atom. The van der Waals surface area contributed by atoms with E-state index in [-0.39, 0.29) is 24.3 Å². The van der Waals surface area contributed by atoms with E-state index in [1.807, 2.05) is 62.4 Å². The number of esters is 1. The maximum Gasteiger partial charge on any atom is 0.375 e. The van der Waals surface area contributed by atoms with Crippen molar-refractivity contribution in [2.45, 2.75) is 26.8 Å². The van der Waals surface area contributed by atoms with Gasteiger partial charge >= 0.3 is 5.97 Å². The lowest BCUT2D eigenvalue weighted by Crippen LogP contribution is -2.39. The number of carbonyl (C=O) groups is 2. The molecule has 26 heavy (non-hydrogen) atoms. The molecule has 0 aliphatic heterocycles. The standard InChI is InChI=1S/C21H21NO4/c1-14(2)22(16-9-5-4-6-10-16)19(23)13-25-21(24)20-15(3)17-11-7-8-12-18(17)26-20/h4-12,14H,13H2,1-3H3. The van der Waals surface area contributed by atoms with E-state index in [0.29, 0.717) is 11.1 Å². The van der Waals surface area contributed by atoms with E-state index in [0.717, 1.165) is 11.1 Å². The van der Waals surface area contributed by atoms with Crippen LogP contribution in [0.4, 0.5) is 5.69 Å². The number of amides is 1. The first kappa shape index (κ1) is 17.7. The molecule has 1 aromatic heterocycles. The second-order valence-corrected chi connectivity index (χ2v) is 6.32. The number of anilines is 1.